The Morgan fingerprint density at radius 1 is 1.00 bits per heavy atom. The largest absolute Gasteiger partial charge is 0.494 e. The summed E-state index contributed by atoms with van der Waals surface area (Å²) >= 11 is 0. The molecule has 0 spiro atoms. The Morgan fingerprint density at radius 3 is 2.25 bits per heavy atom. The first-order valence-electron chi connectivity index (χ1n) is 10.7. The number of ether oxygens (including phenoxy) is 1. The lowest BCUT2D eigenvalue weighted by molar-refractivity contribution is -0.124. The summed E-state index contributed by atoms with van der Waals surface area (Å²) in [4.78, 5) is 29.6. The number of carbonyl (C=O) groups is 2. The molecule has 2 aromatic carbocycles. The molecule has 0 radical (unpaired) electrons. The van der Waals surface area contributed by atoms with E-state index in [-0.39, 0.29) is 23.8 Å². The minimum absolute atomic E-state index is 0.0801. The third-order valence-corrected chi connectivity index (χ3v) is 5.10. The Morgan fingerprint density at radius 2 is 1.69 bits per heavy atom. The minimum Gasteiger partial charge on any atom is -0.494 e. The van der Waals surface area contributed by atoms with Gasteiger partial charge < -0.3 is 15.4 Å². The summed E-state index contributed by atoms with van der Waals surface area (Å²) in [6, 6.07) is 13.7. The van der Waals surface area contributed by atoms with E-state index in [2.05, 4.69) is 20.7 Å². The van der Waals surface area contributed by atoms with Gasteiger partial charge in [0.1, 0.15) is 24.4 Å². The van der Waals surface area contributed by atoms with Crippen LogP contribution in [0.4, 0.5) is 0 Å². The number of rotatable bonds is 9. The number of hydrogen-bond donors (Lipinski definition) is 2. The number of hydrogen-bond acceptors (Lipinski definition) is 5. The minimum atomic E-state index is -0.661. The predicted molar refractivity (Wildman–Crippen MR) is 122 cm³/mol. The molecular formula is C24H29N5O3. The van der Waals surface area contributed by atoms with E-state index in [1.54, 1.807) is 35.3 Å². The first kappa shape index (κ1) is 23.0. The van der Waals surface area contributed by atoms with Crippen molar-refractivity contribution >= 4 is 11.8 Å². The van der Waals surface area contributed by atoms with Crippen molar-refractivity contribution < 1.29 is 14.3 Å². The molecule has 8 heteroatoms. The Balaban J connectivity index is 1.63. The van der Waals surface area contributed by atoms with Gasteiger partial charge in [-0.05, 0) is 61.7 Å². The highest BCUT2D eigenvalue weighted by Crippen LogP contribution is 2.17. The van der Waals surface area contributed by atoms with E-state index in [4.69, 9.17) is 4.74 Å². The van der Waals surface area contributed by atoms with Crippen LogP contribution in [-0.2, 0) is 4.79 Å². The van der Waals surface area contributed by atoms with Gasteiger partial charge in [0.25, 0.3) is 5.91 Å². The molecule has 0 fully saturated rings. The number of benzene rings is 2. The van der Waals surface area contributed by atoms with Crippen LogP contribution in [-0.4, -0.2) is 39.2 Å². The molecule has 2 unspecified atom stereocenters. The Labute approximate surface area is 188 Å². The van der Waals surface area contributed by atoms with Crippen LogP contribution in [0, 0.1) is 5.92 Å². The van der Waals surface area contributed by atoms with Crippen LogP contribution in [0.5, 0.6) is 5.75 Å². The predicted octanol–water partition coefficient (Wildman–Crippen LogP) is 3.30. The van der Waals surface area contributed by atoms with Crippen LogP contribution in [0.2, 0.25) is 0 Å². The molecule has 3 aromatic rings. The van der Waals surface area contributed by atoms with Gasteiger partial charge in [-0.25, -0.2) is 9.67 Å². The molecular weight excluding hydrogens is 406 g/mol. The molecule has 2 N–H and O–H groups in total. The fourth-order valence-electron chi connectivity index (χ4n) is 3.27. The highest BCUT2D eigenvalue weighted by Gasteiger charge is 2.26. The topological polar surface area (TPSA) is 98.1 Å². The molecule has 0 saturated carbocycles. The molecule has 0 bridgehead atoms. The molecule has 0 saturated heterocycles. The number of carbonyl (C=O) groups excluding carboxylic acids is 2. The van der Waals surface area contributed by atoms with E-state index >= 15 is 0 Å². The maximum atomic E-state index is 13.0. The second-order valence-corrected chi connectivity index (χ2v) is 7.81. The van der Waals surface area contributed by atoms with E-state index in [9.17, 15) is 9.59 Å². The highest BCUT2D eigenvalue weighted by molar-refractivity contribution is 5.97. The van der Waals surface area contributed by atoms with Gasteiger partial charge in [-0.15, -0.1) is 0 Å². The molecule has 1 aromatic heterocycles. The van der Waals surface area contributed by atoms with Gasteiger partial charge in [-0.1, -0.05) is 26.0 Å². The van der Waals surface area contributed by atoms with Gasteiger partial charge >= 0.3 is 0 Å². The normalized spacial score (nSPS) is 12.8. The van der Waals surface area contributed by atoms with Gasteiger partial charge in [0.2, 0.25) is 5.91 Å². The molecule has 0 aliphatic carbocycles. The highest BCUT2D eigenvalue weighted by atomic mass is 16.5. The van der Waals surface area contributed by atoms with Gasteiger partial charge in [0.15, 0.2) is 0 Å². The van der Waals surface area contributed by atoms with E-state index in [1.807, 2.05) is 52.0 Å². The Kier molecular flexibility index (Phi) is 7.59. The average Bonchev–Trinajstić information content (AvgIpc) is 3.33. The molecule has 0 aliphatic rings. The first-order chi connectivity index (χ1) is 15.4. The van der Waals surface area contributed by atoms with Crippen molar-refractivity contribution in [2.75, 3.05) is 6.61 Å². The first-order valence-corrected chi connectivity index (χ1v) is 10.7. The fourth-order valence-corrected chi connectivity index (χ4v) is 3.27. The zero-order valence-corrected chi connectivity index (χ0v) is 18.8. The lowest BCUT2D eigenvalue weighted by atomic mass is 10.0. The zero-order valence-electron chi connectivity index (χ0n) is 18.8. The van der Waals surface area contributed by atoms with Crippen LogP contribution in [0.3, 0.4) is 0 Å². The van der Waals surface area contributed by atoms with Crippen LogP contribution in [0.25, 0.3) is 5.69 Å². The summed E-state index contributed by atoms with van der Waals surface area (Å²) in [6.45, 7) is 8.18. The maximum absolute atomic E-state index is 13.0. The van der Waals surface area contributed by atoms with Crippen LogP contribution in [0.1, 0.15) is 49.7 Å². The SMILES string of the molecule is CCOc1ccc(C(=O)NC(C(=O)NC(C)c2ccc(-n3cncn3)cc2)C(C)C)cc1. The quantitative estimate of drug-likeness (QED) is 0.537. The van der Waals surface area contributed by atoms with Crippen molar-refractivity contribution in [1.82, 2.24) is 25.4 Å². The van der Waals surface area contributed by atoms with E-state index in [0.717, 1.165) is 11.3 Å². The second kappa shape index (κ2) is 10.6. The monoisotopic (exact) mass is 435 g/mol. The maximum Gasteiger partial charge on any atom is 0.251 e. The molecule has 1 heterocycles. The van der Waals surface area contributed by atoms with Crippen LogP contribution >= 0.6 is 0 Å². The third-order valence-electron chi connectivity index (χ3n) is 5.10. The zero-order chi connectivity index (χ0) is 23.1. The summed E-state index contributed by atoms with van der Waals surface area (Å²) in [5, 5.41) is 9.97. The molecule has 0 aliphatic heterocycles. The molecule has 2 amide bonds. The molecule has 168 valence electrons. The molecule has 32 heavy (non-hydrogen) atoms. The van der Waals surface area contributed by atoms with Gasteiger partial charge in [-0.2, -0.15) is 5.10 Å². The standard InChI is InChI=1S/C24H29N5O3/c1-5-32-21-12-8-19(9-13-21)23(30)28-22(16(2)3)24(31)27-17(4)18-6-10-20(11-7-18)29-15-25-14-26-29/h6-17,22H,5H2,1-4H3,(H,27,31)(H,28,30). The number of nitrogens with one attached hydrogen (secondary N) is 2. The average molecular weight is 436 g/mol. The fraction of sp³-hybridized carbons (Fsp3) is 0.333. The summed E-state index contributed by atoms with van der Waals surface area (Å²) in [6.07, 6.45) is 3.10. The Bertz CT molecular complexity index is 1010. The van der Waals surface area contributed by atoms with Crippen molar-refractivity contribution in [2.24, 2.45) is 5.92 Å². The number of nitrogens with zero attached hydrogens (tertiary/aromatic N) is 3. The summed E-state index contributed by atoms with van der Waals surface area (Å²) < 4.78 is 7.07. The summed E-state index contributed by atoms with van der Waals surface area (Å²) in [7, 11) is 0. The van der Waals surface area contributed by atoms with Crippen LogP contribution < -0.4 is 15.4 Å². The second-order valence-electron chi connectivity index (χ2n) is 7.81. The van der Waals surface area contributed by atoms with E-state index < -0.39 is 6.04 Å². The van der Waals surface area contributed by atoms with Crippen molar-refractivity contribution in [3.8, 4) is 11.4 Å². The summed E-state index contributed by atoms with van der Waals surface area (Å²) in [5.74, 6) is 0.0910. The van der Waals surface area contributed by atoms with Crippen molar-refractivity contribution in [2.45, 2.75) is 39.8 Å². The van der Waals surface area contributed by atoms with Crippen molar-refractivity contribution in [1.29, 1.82) is 0 Å². The Hall–Kier alpha value is -3.68. The number of amides is 2. The van der Waals surface area contributed by atoms with Gasteiger partial charge in [0.05, 0.1) is 18.3 Å². The van der Waals surface area contributed by atoms with Crippen molar-refractivity contribution in [3.63, 3.8) is 0 Å². The van der Waals surface area contributed by atoms with Crippen LogP contribution in [0.15, 0.2) is 61.2 Å². The van der Waals surface area contributed by atoms with E-state index in [0.29, 0.717) is 17.9 Å². The van der Waals surface area contributed by atoms with Crippen molar-refractivity contribution in [3.05, 3.63) is 72.3 Å². The molecule has 2 atom stereocenters. The van der Waals surface area contributed by atoms with E-state index in [1.165, 1.54) is 6.33 Å². The number of aromatic nitrogens is 3. The van der Waals surface area contributed by atoms with Gasteiger partial charge in [-0.3, -0.25) is 9.59 Å². The molecule has 8 nitrogen and oxygen atoms in total. The smallest absolute Gasteiger partial charge is 0.251 e. The molecule has 3 rings (SSSR count). The lowest BCUT2D eigenvalue weighted by Gasteiger charge is -2.24. The lowest BCUT2D eigenvalue weighted by Crippen LogP contribution is -2.50. The van der Waals surface area contributed by atoms with Gasteiger partial charge in [0, 0.05) is 5.56 Å². The third kappa shape index (κ3) is 5.72. The summed E-state index contributed by atoms with van der Waals surface area (Å²) in [5.41, 5.74) is 2.30.